The Morgan fingerprint density at radius 2 is 1.06 bits per heavy atom. The summed E-state index contributed by atoms with van der Waals surface area (Å²) < 4.78 is 34.7. The summed E-state index contributed by atoms with van der Waals surface area (Å²) in [6.45, 7) is 2.27. The molecule has 198 valence electrons. The molecule has 0 heterocycles. The van der Waals surface area contributed by atoms with E-state index in [0.29, 0.717) is 11.8 Å². The first-order chi connectivity index (χ1) is 17.5. The van der Waals surface area contributed by atoms with Crippen LogP contribution < -0.4 is 0 Å². The molecule has 0 amide bonds. The number of hydrogen-bond donors (Lipinski definition) is 1. The first kappa shape index (κ1) is 28.7. The second kappa shape index (κ2) is 15.4. The number of benzene rings is 3. The maximum absolute atomic E-state index is 12.3. The number of aryl methyl sites for hydroxylation is 1. The quantitative estimate of drug-likeness (QED) is 0.105. The van der Waals surface area contributed by atoms with Gasteiger partial charge in [0, 0.05) is 5.39 Å². The molecule has 0 aliphatic carbocycles. The lowest BCUT2D eigenvalue weighted by molar-refractivity contribution is 0.482. The topological polar surface area (TPSA) is 54.4 Å². The smallest absolute Gasteiger partial charge is 0.282 e. The first-order valence-electron chi connectivity index (χ1n) is 14.4. The Balaban J connectivity index is 1.36. The fraction of sp³-hybridized carbons (Fsp3) is 0.562. The summed E-state index contributed by atoms with van der Waals surface area (Å²) >= 11 is 0. The Hall–Kier alpha value is -1.91. The third-order valence-corrected chi connectivity index (χ3v) is 8.47. The van der Waals surface area contributed by atoms with Crippen LogP contribution in [0.5, 0.6) is 0 Å². The van der Waals surface area contributed by atoms with Crippen molar-refractivity contribution in [1.82, 2.24) is 0 Å². The van der Waals surface area contributed by atoms with Gasteiger partial charge >= 0.3 is 0 Å². The van der Waals surface area contributed by atoms with Gasteiger partial charge in [0.2, 0.25) is 0 Å². The second-order valence-corrected chi connectivity index (χ2v) is 11.9. The molecule has 0 unspecified atom stereocenters. The van der Waals surface area contributed by atoms with Gasteiger partial charge in [0.15, 0.2) is 0 Å². The van der Waals surface area contributed by atoms with E-state index in [1.807, 2.05) is 48.5 Å². The Labute approximate surface area is 219 Å². The number of rotatable bonds is 18. The zero-order valence-corrected chi connectivity index (χ0v) is 23.1. The monoisotopic (exact) mass is 510 g/mol. The minimum absolute atomic E-state index is 0.0895. The molecule has 0 aliphatic rings. The van der Waals surface area contributed by atoms with Crippen molar-refractivity contribution in [2.45, 2.75) is 121 Å². The van der Waals surface area contributed by atoms with Gasteiger partial charge in [-0.3, -0.25) is 4.55 Å². The summed E-state index contributed by atoms with van der Waals surface area (Å²) in [5.74, 6) is 0. The van der Waals surface area contributed by atoms with Crippen molar-refractivity contribution >= 4 is 31.7 Å². The molecule has 0 bridgehead atoms. The van der Waals surface area contributed by atoms with Crippen molar-refractivity contribution in [2.75, 3.05) is 0 Å². The molecule has 3 aromatic rings. The van der Waals surface area contributed by atoms with Gasteiger partial charge in [-0.15, -0.1) is 0 Å². The molecule has 4 heteroatoms. The molecule has 0 atom stereocenters. The van der Waals surface area contributed by atoms with E-state index in [-0.39, 0.29) is 4.90 Å². The molecule has 0 fully saturated rings. The highest BCUT2D eigenvalue weighted by Crippen LogP contribution is 2.31. The van der Waals surface area contributed by atoms with Gasteiger partial charge in [0.05, 0.1) is 0 Å². The van der Waals surface area contributed by atoms with Crippen LogP contribution >= 0.6 is 0 Å². The van der Waals surface area contributed by atoms with Crippen LogP contribution in [-0.4, -0.2) is 13.0 Å². The molecule has 0 saturated heterocycles. The van der Waals surface area contributed by atoms with Crippen LogP contribution in [0.15, 0.2) is 53.4 Å². The molecule has 0 spiro atoms. The zero-order valence-electron chi connectivity index (χ0n) is 22.3. The minimum Gasteiger partial charge on any atom is -0.282 e. The maximum Gasteiger partial charge on any atom is 0.295 e. The van der Waals surface area contributed by atoms with E-state index in [1.54, 1.807) is 0 Å². The maximum atomic E-state index is 12.3. The van der Waals surface area contributed by atoms with E-state index in [9.17, 15) is 13.0 Å². The van der Waals surface area contributed by atoms with Crippen molar-refractivity contribution < 1.29 is 13.0 Å². The third-order valence-electron chi connectivity index (χ3n) is 7.48. The normalized spacial score (nSPS) is 12.1. The molecule has 0 radical (unpaired) electrons. The Morgan fingerprint density at radius 1 is 0.583 bits per heavy atom. The molecular weight excluding hydrogens is 464 g/mol. The SMILES string of the molecule is CCCCCCCCCCCCCCCCCCc1ccc2cc3ccccc3cc2c1S(=O)(=O)O. The van der Waals surface area contributed by atoms with Gasteiger partial charge in [-0.2, -0.15) is 8.42 Å². The third kappa shape index (κ3) is 9.19. The molecule has 3 nitrogen and oxygen atoms in total. The van der Waals surface area contributed by atoms with E-state index >= 15 is 0 Å². The van der Waals surface area contributed by atoms with Gasteiger partial charge in [-0.1, -0.05) is 140 Å². The average molecular weight is 511 g/mol. The standard InChI is InChI=1S/C32H46O3S/c1-2-3-4-5-6-7-8-9-10-11-12-13-14-15-16-17-20-27-23-24-30-25-28-21-18-19-22-29(28)26-31(30)32(27)36(33,34)35/h18-19,21-26H,2-17,20H2,1H3,(H,33,34,35). The minimum atomic E-state index is -4.30. The van der Waals surface area contributed by atoms with Crippen LogP contribution in [0, 0.1) is 0 Å². The van der Waals surface area contributed by atoms with Gasteiger partial charge in [0.1, 0.15) is 4.90 Å². The van der Waals surface area contributed by atoms with Crippen LogP contribution in [0.4, 0.5) is 0 Å². The van der Waals surface area contributed by atoms with E-state index in [2.05, 4.69) is 6.92 Å². The summed E-state index contributed by atoms with van der Waals surface area (Å²) in [7, 11) is -4.30. The van der Waals surface area contributed by atoms with Gasteiger partial charge in [-0.05, 0) is 46.7 Å². The lowest BCUT2D eigenvalue weighted by atomic mass is 9.98. The highest BCUT2D eigenvalue weighted by molar-refractivity contribution is 7.86. The van der Waals surface area contributed by atoms with E-state index in [1.165, 1.54) is 89.9 Å². The predicted octanol–water partition coefficient (Wildman–Crippen LogP) is 10.0. The fourth-order valence-electron chi connectivity index (χ4n) is 5.40. The van der Waals surface area contributed by atoms with Crippen molar-refractivity contribution in [3.63, 3.8) is 0 Å². The predicted molar refractivity (Wildman–Crippen MR) is 155 cm³/mol. The molecule has 0 aliphatic heterocycles. The van der Waals surface area contributed by atoms with Crippen molar-refractivity contribution in [2.24, 2.45) is 0 Å². The molecule has 36 heavy (non-hydrogen) atoms. The zero-order chi connectivity index (χ0) is 25.6. The van der Waals surface area contributed by atoms with E-state index < -0.39 is 10.1 Å². The van der Waals surface area contributed by atoms with Gasteiger partial charge in [-0.25, -0.2) is 0 Å². The first-order valence-corrected chi connectivity index (χ1v) is 15.9. The van der Waals surface area contributed by atoms with Crippen LogP contribution in [0.3, 0.4) is 0 Å². The van der Waals surface area contributed by atoms with E-state index in [0.717, 1.165) is 34.6 Å². The van der Waals surface area contributed by atoms with Crippen LogP contribution in [0.1, 0.15) is 115 Å². The molecule has 3 rings (SSSR count). The number of hydrogen-bond acceptors (Lipinski definition) is 2. The highest BCUT2D eigenvalue weighted by Gasteiger charge is 2.19. The van der Waals surface area contributed by atoms with Crippen LogP contribution in [-0.2, 0) is 16.5 Å². The average Bonchev–Trinajstić information content (AvgIpc) is 2.86. The highest BCUT2D eigenvalue weighted by atomic mass is 32.2. The Morgan fingerprint density at radius 3 is 1.56 bits per heavy atom. The second-order valence-electron chi connectivity index (χ2n) is 10.5. The van der Waals surface area contributed by atoms with Crippen LogP contribution in [0.2, 0.25) is 0 Å². The Bertz CT molecular complexity index is 1170. The lowest BCUT2D eigenvalue weighted by Crippen LogP contribution is -2.05. The van der Waals surface area contributed by atoms with E-state index in [4.69, 9.17) is 0 Å². The number of unbranched alkanes of at least 4 members (excludes halogenated alkanes) is 15. The van der Waals surface area contributed by atoms with Gasteiger partial charge < -0.3 is 0 Å². The summed E-state index contributed by atoms with van der Waals surface area (Å²) in [6, 6.07) is 15.7. The lowest BCUT2D eigenvalue weighted by Gasteiger charge is -2.12. The molecule has 3 aromatic carbocycles. The number of fused-ring (bicyclic) bond motifs is 2. The molecule has 0 aromatic heterocycles. The molecule has 1 N–H and O–H groups in total. The molecular formula is C32H46O3S. The Kier molecular flexibility index (Phi) is 12.2. The summed E-state index contributed by atoms with van der Waals surface area (Å²) in [4.78, 5) is 0.0895. The van der Waals surface area contributed by atoms with Crippen molar-refractivity contribution in [3.8, 4) is 0 Å². The largest absolute Gasteiger partial charge is 0.295 e. The van der Waals surface area contributed by atoms with Crippen molar-refractivity contribution in [3.05, 3.63) is 54.1 Å². The summed E-state index contributed by atoms with van der Waals surface area (Å²) in [5, 5.41) is 3.51. The fourth-order valence-corrected chi connectivity index (χ4v) is 6.35. The van der Waals surface area contributed by atoms with Gasteiger partial charge in [0.25, 0.3) is 10.1 Å². The summed E-state index contributed by atoms with van der Waals surface area (Å²) in [5.41, 5.74) is 0.727. The molecule has 0 saturated carbocycles. The van der Waals surface area contributed by atoms with Crippen LogP contribution in [0.25, 0.3) is 21.5 Å². The van der Waals surface area contributed by atoms with Crippen molar-refractivity contribution in [1.29, 1.82) is 0 Å². The summed E-state index contributed by atoms with van der Waals surface area (Å²) in [6.07, 6.45) is 21.7.